The summed E-state index contributed by atoms with van der Waals surface area (Å²) in [5.41, 5.74) is -0.501. The Bertz CT molecular complexity index is 749. The number of carbonyl (C=O) groups is 1. The molecule has 0 aliphatic carbocycles. The Labute approximate surface area is 123 Å². The van der Waals surface area contributed by atoms with Crippen LogP contribution in [0.25, 0.3) is 0 Å². The van der Waals surface area contributed by atoms with E-state index in [-0.39, 0.29) is 21.8 Å². The molecule has 2 rings (SSSR count). The van der Waals surface area contributed by atoms with Gasteiger partial charge in [0.05, 0.1) is 22.2 Å². The number of nitrogens with one attached hydrogen (secondary N) is 1. The van der Waals surface area contributed by atoms with Gasteiger partial charge in [0, 0.05) is 5.69 Å². The molecular formula is C14H7ClF2N2O2. The fraction of sp³-hybridized carbons (Fsp3) is 0. The third kappa shape index (κ3) is 3.09. The van der Waals surface area contributed by atoms with E-state index in [0.29, 0.717) is 0 Å². The van der Waals surface area contributed by atoms with Crippen LogP contribution in [0.3, 0.4) is 0 Å². The Balaban J connectivity index is 2.37. The first kappa shape index (κ1) is 14.8. The number of hydrogen-bond acceptors (Lipinski definition) is 3. The van der Waals surface area contributed by atoms with Crippen molar-refractivity contribution in [2.45, 2.75) is 0 Å². The fourth-order valence-corrected chi connectivity index (χ4v) is 1.93. The molecule has 0 spiro atoms. The van der Waals surface area contributed by atoms with E-state index in [1.807, 2.05) is 0 Å². The van der Waals surface area contributed by atoms with Crippen molar-refractivity contribution in [1.82, 2.24) is 0 Å². The average Bonchev–Trinajstić information content (AvgIpc) is 2.42. The Morgan fingerprint density at radius 2 is 1.86 bits per heavy atom. The largest absolute Gasteiger partial charge is 0.478 e. The normalized spacial score (nSPS) is 10.0. The first-order valence-electron chi connectivity index (χ1n) is 5.61. The monoisotopic (exact) mass is 308 g/mol. The second-order valence-electron chi connectivity index (χ2n) is 4.05. The summed E-state index contributed by atoms with van der Waals surface area (Å²) in [5, 5.41) is 19.8. The Morgan fingerprint density at radius 3 is 2.33 bits per heavy atom. The molecule has 2 aromatic carbocycles. The minimum absolute atomic E-state index is 0.0676. The van der Waals surface area contributed by atoms with Crippen molar-refractivity contribution in [2.75, 3.05) is 5.32 Å². The van der Waals surface area contributed by atoms with Crippen molar-refractivity contribution in [3.05, 3.63) is 58.1 Å². The highest BCUT2D eigenvalue weighted by Crippen LogP contribution is 2.27. The van der Waals surface area contributed by atoms with Crippen LogP contribution in [0, 0.1) is 23.0 Å². The summed E-state index contributed by atoms with van der Waals surface area (Å²) in [4.78, 5) is 10.8. The summed E-state index contributed by atoms with van der Waals surface area (Å²) < 4.78 is 27.4. The van der Waals surface area contributed by atoms with Crippen LogP contribution < -0.4 is 5.32 Å². The summed E-state index contributed by atoms with van der Waals surface area (Å²) in [6.07, 6.45) is 0. The molecule has 106 valence electrons. The van der Waals surface area contributed by atoms with E-state index < -0.39 is 23.3 Å². The standard InChI is InChI=1S/C14H7ClF2N2O2/c15-10-5-8(1-2-9(10)14(20)21)19-13-11(16)3-7(6-18)4-12(13)17/h1-5,19H,(H,20,21). The molecule has 0 unspecified atom stereocenters. The number of nitriles is 1. The summed E-state index contributed by atoms with van der Waals surface area (Å²) in [6, 6.07) is 7.19. The first-order valence-corrected chi connectivity index (χ1v) is 5.99. The second kappa shape index (κ2) is 5.77. The number of carboxylic acid groups (broad SMARTS) is 1. The van der Waals surface area contributed by atoms with Crippen molar-refractivity contribution < 1.29 is 18.7 Å². The molecule has 0 amide bonds. The van der Waals surface area contributed by atoms with Crippen LogP contribution in [0.5, 0.6) is 0 Å². The molecule has 0 fully saturated rings. The third-order valence-electron chi connectivity index (χ3n) is 2.64. The topological polar surface area (TPSA) is 73.1 Å². The molecule has 7 heteroatoms. The van der Waals surface area contributed by atoms with Crippen molar-refractivity contribution in [2.24, 2.45) is 0 Å². The van der Waals surface area contributed by atoms with Gasteiger partial charge >= 0.3 is 5.97 Å². The number of halogens is 3. The molecule has 0 atom stereocenters. The van der Waals surface area contributed by atoms with E-state index >= 15 is 0 Å². The number of benzene rings is 2. The minimum atomic E-state index is -1.21. The van der Waals surface area contributed by atoms with Gasteiger partial charge in [0.1, 0.15) is 5.69 Å². The van der Waals surface area contributed by atoms with Crippen LogP contribution in [-0.2, 0) is 0 Å². The lowest BCUT2D eigenvalue weighted by Gasteiger charge is -2.10. The molecular weight excluding hydrogens is 302 g/mol. The summed E-state index contributed by atoms with van der Waals surface area (Å²) in [7, 11) is 0. The van der Waals surface area contributed by atoms with Gasteiger partial charge in [0.25, 0.3) is 0 Å². The lowest BCUT2D eigenvalue weighted by Crippen LogP contribution is -2.01. The zero-order chi connectivity index (χ0) is 15.6. The van der Waals surface area contributed by atoms with Crippen LogP contribution in [-0.4, -0.2) is 11.1 Å². The highest BCUT2D eigenvalue weighted by molar-refractivity contribution is 6.33. The Hall–Kier alpha value is -2.65. The maximum atomic E-state index is 13.7. The molecule has 0 heterocycles. The number of aromatic carboxylic acids is 1. The predicted octanol–water partition coefficient (Wildman–Crippen LogP) is 3.93. The van der Waals surface area contributed by atoms with E-state index in [0.717, 1.165) is 12.1 Å². The smallest absolute Gasteiger partial charge is 0.337 e. The molecule has 4 nitrogen and oxygen atoms in total. The average molecular weight is 309 g/mol. The Kier molecular flexibility index (Phi) is 4.05. The Morgan fingerprint density at radius 1 is 1.24 bits per heavy atom. The van der Waals surface area contributed by atoms with E-state index in [2.05, 4.69) is 5.32 Å². The van der Waals surface area contributed by atoms with Crippen molar-refractivity contribution in [3.8, 4) is 6.07 Å². The molecule has 2 N–H and O–H groups in total. The highest BCUT2D eigenvalue weighted by atomic mass is 35.5. The van der Waals surface area contributed by atoms with Gasteiger partial charge in [0.15, 0.2) is 11.6 Å². The molecule has 0 aliphatic rings. The van der Waals surface area contributed by atoms with Gasteiger partial charge in [-0.3, -0.25) is 0 Å². The van der Waals surface area contributed by atoms with Gasteiger partial charge in [-0.15, -0.1) is 0 Å². The van der Waals surface area contributed by atoms with Gasteiger partial charge in [0.2, 0.25) is 0 Å². The lowest BCUT2D eigenvalue weighted by atomic mass is 10.1. The molecule has 0 saturated carbocycles. The van der Waals surface area contributed by atoms with Gasteiger partial charge in [-0.25, -0.2) is 13.6 Å². The van der Waals surface area contributed by atoms with E-state index in [1.54, 1.807) is 6.07 Å². The van der Waals surface area contributed by atoms with Crippen LogP contribution in [0.4, 0.5) is 20.2 Å². The van der Waals surface area contributed by atoms with Gasteiger partial charge in [-0.05, 0) is 30.3 Å². The molecule has 0 aliphatic heterocycles. The zero-order valence-electron chi connectivity index (χ0n) is 10.3. The van der Waals surface area contributed by atoms with Crippen LogP contribution in [0.1, 0.15) is 15.9 Å². The molecule has 2 aromatic rings. The van der Waals surface area contributed by atoms with Crippen LogP contribution >= 0.6 is 11.6 Å². The molecule has 21 heavy (non-hydrogen) atoms. The number of hydrogen-bond donors (Lipinski definition) is 2. The van der Waals surface area contributed by atoms with E-state index in [4.69, 9.17) is 22.0 Å². The van der Waals surface area contributed by atoms with Crippen LogP contribution in [0.15, 0.2) is 30.3 Å². The molecule has 0 radical (unpaired) electrons. The first-order chi connectivity index (χ1) is 9.92. The van der Waals surface area contributed by atoms with Crippen LogP contribution in [0.2, 0.25) is 5.02 Å². The molecule has 0 aromatic heterocycles. The molecule has 0 saturated heterocycles. The minimum Gasteiger partial charge on any atom is -0.478 e. The number of nitrogens with zero attached hydrogens (tertiary/aromatic N) is 1. The SMILES string of the molecule is N#Cc1cc(F)c(Nc2ccc(C(=O)O)c(Cl)c2)c(F)c1. The van der Waals surface area contributed by atoms with Crippen molar-refractivity contribution >= 4 is 28.9 Å². The quantitative estimate of drug-likeness (QED) is 0.901. The predicted molar refractivity (Wildman–Crippen MR) is 72.8 cm³/mol. The number of anilines is 2. The van der Waals surface area contributed by atoms with Gasteiger partial charge < -0.3 is 10.4 Å². The lowest BCUT2D eigenvalue weighted by molar-refractivity contribution is 0.0697. The molecule has 0 bridgehead atoms. The van der Waals surface area contributed by atoms with E-state index in [9.17, 15) is 13.6 Å². The van der Waals surface area contributed by atoms with Gasteiger partial charge in [-0.2, -0.15) is 5.26 Å². The fourth-order valence-electron chi connectivity index (χ4n) is 1.67. The summed E-state index contributed by atoms with van der Waals surface area (Å²) in [6.45, 7) is 0. The summed E-state index contributed by atoms with van der Waals surface area (Å²) in [5.74, 6) is -3.09. The maximum Gasteiger partial charge on any atom is 0.337 e. The van der Waals surface area contributed by atoms with Gasteiger partial charge in [-0.1, -0.05) is 11.6 Å². The van der Waals surface area contributed by atoms with Crippen molar-refractivity contribution in [1.29, 1.82) is 5.26 Å². The zero-order valence-corrected chi connectivity index (χ0v) is 11.1. The second-order valence-corrected chi connectivity index (χ2v) is 4.46. The number of rotatable bonds is 3. The van der Waals surface area contributed by atoms with Crippen molar-refractivity contribution in [3.63, 3.8) is 0 Å². The van der Waals surface area contributed by atoms with E-state index in [1.165, 1.54) is 18.2 Å². The summed E-state index contributed by atoms with van der Waals surface area (Å²) >= 11 is 5.77. The highest BCUT2D eigenvalue weighted by Gasteiger charge is 2.13. The third-order valence-corrected chi connectivity index (χ3v) is 2.95. The number of carboxylic acids is 1. The maximum absolute atomic E-state index is 13.7.